The lowest BCUT2D eigenvalue weighted by Gasteiger charge is -2.32. The van der Waals surface area contributed by atoms with Crippen molar-refractivity contribution in [3.05, 3.63) is 41.4 Å². The molecule has 0 unspecified atom stereocenters. The number of amidine groups is 1. The van der Waals surface area contributed by atoms with Crippen molar-refractivity contribution in [3.8, 4) is 0 Å². The van der Waals surface area contributed by atoms with E-state index >= 15 is 0 Å². The predicted molar refractivity (Wildman–Crippen MR) is 112 cm³/mol. The van der Waals surface area contributed by atoms with Gasteiger partial charge in [-0.15, -0.1) is 0 Å². The summed E-state index contributed by atoms with van der Waals surface area (Å²) in [6, 6.07) is 4.11. The first-order chi connectivity index (χ1) is 14.4. The fourth-order valence-corrected chi connectivity index (χ4v) is 2.70. The minimum atomic E-state index is -4.75. The molecular weight excluding hydrogens is 431 g/mol. The van der Waals surface area contributed by atoms with Gasteiger partial charge in [0.25, 0.3) is 0 Å². The van der Waals surface area contributed by atoms with Gasteiger partial charge in [-0.1, -0.05) is 12.1 Å². The average Bonchev–Trinajstić information content (AvgIpc) is 2.83. The topological polar surface area (TPSA) is 91.6 Å². The molecule has 32 heavy (non-hydrogen) atoms. The second-order valence-electron chi connectivity index (χ2n) is 9.23. The molecule has 1 aliphatic rings. The predicted octanol–water partition coefficient (Wildman–Crippen LogP) is 3.79. The molecule has 0 spiro atoms. The van der Waals surface area contributed by atoms with E-state index in [1.807, 2.05) is 33.0 Å². The van der Waals surface area contributed by atoms with Crippen LogP contribution in [-0.4, -0.2) is 41.3 Å². The number of amides is 1. The normalized spacial score (nSPS) is 18.6. The summed E-state index contributed by atoms with van der Waals surface area (Å²) < 4.78 is 65.1. The third-order valence-electron chi connectivity index (χ3n) is 5.86. The maximum Gasteiger partial charge on any atom is 0.494 e. The van der Waals surface area contributed by atoms with Crippen LogP contribution in [0.25, 0.3) is 0 Å². The Kier molecular flexibility index (Phi) is 6.88. The highest BCUT2D eigenvalue weighted by molar-refractivity contribution is 6.62. The summed E-state index contributed by atoms with van der Waals surface area (Å²) in [5.41, 5.74) is -3.36. The summed E-state index contributed by atoms with van der Waals surface area (Å²) in [7, 11) is -0.782. The van der Waals surface area contributed by atoms with Gasteiger partial charge in [-0.05, 0) is 58.6 Å². The van der Waals surface area contributed by atoms with E-state index in [1.54, 1.807) is 6.07 Å². The van der Waals surface area contributed by atoms with Gasteiger partial charge in [0.05, 0.1) is 17.6 Å². The highest BCUT2D eigenvalue weighted by Gasteiger charge is 2.52. The summed E-state index contributed by atoms with van der Waals surface area (Å²) in [5.74, 6) is -3.41. The Bertz CT molecular complexity index is 926. The molecule has 1 amide bonds. The van der Waals surface area contributed by atoms with Gasteiger partial charge >= 0.3 is 13.3 Å². The molecule has 0 radical (unpaired) electrons. The van der Waals surface area contributed by atoms with Crippen molar-refractivity contribution in [2.75, 3.05) is 0 Å². The molecule has 0 aliphatic carbocycles. The number of rotatable bonds is 5. The van der Waals surface area contributed by atoms with E-state index in [4.69, 9.17) is 14.7 Å². The molecular formula is C21H27BF4N2O4. The zero-order chi connectivity index (χ0) is 24.7. The molecule has 0 bridgehead atoms. The van der Waals surface area contributed by atoms with Crippen molar-refractivity contribution < 1.29 is 36.8 Å². The van der Waals surface area contributed by atoms with E-state index in [1.165, 1.54) is 12.1 Å². The van der Waals surface area contributed by atoms with Crippen molar-refractivity contribution in [2.24, 2.45) is 5.41 Å². The Morgan fingerprint density at radius 3 is 2.19 bits per heavy atom. The first kappa shape index (κ1) is 25.9. The first-order valence-electron chi connectivity index (χ1n) is 9.87. The van der Waals surface area contributed by atoms with Crippen LogP contribution in [0.1, 0.15) is 47.1 Å². The zero-order valence-electron chi connectivity index (χ0n) is 18.8. The molecule has 1 aromatic carbocycles. The summed E-state index contributed by atoms with van der Waals surface area (Å²) in [6.07, 6.45) is -4.71. The van der Waals surface area contributed by atoms with Crippen molar-refractivity contribution in [1.29, 1.82) is 5.41 Å². The van der Waals surface area contributed by atoms with Crippen molar-refractivity contribution in [1.82, 2.24) is 5.32 Å². The van der Waals surface area contributed by atoms with Crippen LogP contribution in [0.15, 0.2) is 30.0 Å². The Morgan fingerprint density at radius 1 is 1.19 bits per heavy atom. The number of aliphatic hydroxyl groups is 1. The molecule has 176 valence electrons. The summed E-state index contributed by atoms with van der Waals surface area (Å²) in [6.45, 7) is 8.92. The number of hydrogen-bond donors (Lipinski definition) is 3. The Morgan fingerprint density at radius 2 is 1.72 bits per heavy atom. The van der Waals surface area contributed by atoms with Gasteiger partial charge in [0.1, 0.15) is 22.8 Å². The van der Waals surface area contributed by atoms with Gasteiger partial charge in [0.15, 0.2) is 0 Å². The van der Waals surface area contributed by atoms with Gasteiger partial charge in [-0.3, -0.25) is 10.2 Å². The fourth-order valence-electron chi connectivity index (χ4n) is 2.70. The van der Waals surface area contributed by atoms with Crippen molar-refractivity contribution >= 4 is 24.3 Å². The van der Waals surface area contributed by atoms with Gasteiger partial charge < -0.3 is 19.7 Å². The Balaban J connectivity index is 2.05. The first-order valence-corrected chi connectivity index (χ1v) is 9.87. The molecule has 6 nitrogen and oxygen atoms in total. The zero-order valence-corrected chi connectivity index (χ0v) is 18.8. The molecule has 1 aliphatic heterocycles. The second-order valence-corrected chi connectivity index (χ2v) is 9.23. The number of alkyl halides is 3. The number of aliphatic hydroxyl groups excluding tert-OH is 1. The SMILES string of the molecule is CC1(C)OB(c2ccc(CC(=O)NC(=N)/C=C(\O)C(C)(C)C(F)(F)F)c(F)c2)OC1(C)C. The smallest absolute Gasteiger partial charge is 0.494 e. The number of benzene rings is 1. The molecule has 0 saturated carbocycles. The quantitative estimate of drug-likeness (QED) is 0.206. The van der Waals surface area contributed by atoms with E-state index in [-0.39, 0.29) is 5.56 Å². The minimum absolute atomic E-state index is 0.0133. The Hall–Kier alpha value is -2.40. The van der Waals surface area contributed by atoms with Gasteiger partial charge in [0, 0.05) is 6.08 Å². The van der Waals surface area contributed by atoms with Crippen LogP contribution in [-0.2, 0) is 20.5 Å². The maximum atomic E-state index is 14.6. The number of allylic oxidation sites excluding steroid dienone is 1. The fraction of sp³-hybridized carbons (Fsp3) is 0.524. The average molecular weight is 458 g/mol. The van der Waals surface area contributed by atoms with E-state index in [2.05, 4.69) is 0 Å². The lowest BCUT2D eigenvalue weighted by Crippen LogP contribution is -2.41. The number of carbonyl (C=O) groups excluding carboxylic acids is 1. The van der Waals surface area contributed by atoms with Crippen LogP contribution >= 0.6 is 0 Å². The molecule has 3 N–H and O–H groups in total. The number of carbonyl (C=O) groups is 1. The van der Waals surface area contributed by atoms with E-state index < -0.39 is 59.7 Å². The van der Waals surface area contributed by atoms with Gasteiger partial charge in [-0.2, -0.15) is 13.2 Å². The molecule has 0 atom stereocenters. The van der Waals surface area contributed by atoms with Crippen molar-refractivity contribution in [2.45, 2.75) is 65.3 Å². The lowest BCUT2D eigenvalue weighted by molar-refractivity contribution is -0.206. The van der Waals surface area contributed by atoms with Gasteiger partial charge in [0.2, 0.25) is 5.91 Å². The molecule has 1 saturated heterocycles. The highest BCUT2D eigenvalue weighted by Crippen LogP contribution is 2.42. The van der Waals surface area contributed by atoms with E-state index in [0.29, 0.717) is 11.5 Å². The van der Waals surface area contributed by atoms with Crippen LogP contribution in [0, 0.1) is 16.6 Å². The molecule has 0 aromatic heterocycles. The highest BCUT2D eigenvalue weighted by atomic mass is 19.4. The summed E-state index contributed by atoms with van der Waals surface area (Å²) >= 11 is 0. The second kappa shape index (κ2) is 8.51. The maximum absolute atomic E-state index is 14.6. The van der Waals surface area contributed by atoms with Crippen LogP contribution in [0.4, 0.5) is 17.6 Å². The number of halogens is 4. The number of hydrogen-bond acceptors (Lipinski definition) is 5. The molecule has 1 aromatic rings. The molecule has 1 fully saturated rings. The van der Waals surface area contributed by atoms with Gasteiger partial charge in [-0.25, -0.2) is 4.39 Å². The third-order valence-corrected chi connectivity index (χ3v) is 5.86. The van der Waals surface area contributed by atoms with Crippen molar-refractivity contribution in [3.63, 3.8) is 0 Å². The molecule has 2 rings (SSSR count). The lowest BCUT2D eigenvalue weighted by atomic mass is 9.78. The van der Waals surface area contributed by atoms with Crippen LogP contribution < -0.4 is 10.8 Å². The summed E-state index contributed by atoms with van der Waals surface area (Å²) in [4.78, 5) is 12.1. The standard InChI is InChI=1S/C21H27BF4N2O4/c1-18(2,21(24,25)26)15(29)11-16(27)28-17(30)9-12-7-8-13(10-14(12)23)22-31-19(3,4)20(5,6)32-22/h7-8,10-11,29H,9H2,1-6H3,(H2,27,28,30)/b15-11-. The van der Waals surface area contributed by atoms with Crippen LogP contribution in [0.5, 0.6) is 0 Å². The minimum Gasteiger partial charge on any atom is -0.511 e. The molecule has 1 heterocycles. The van der Waals surface area contributed by atoms with E-state index in [9.17, 15) is 27.5 Å². The Labute approximate surface area is 184 Å². The van der Waals surface area contributed by atoms with Crippen LogP contribution in [0.3, 0.4) is 0 Å². The third kappa shape index (κ3) is 5.32. The van der Waals surface area contributed by atoms with Crippen LogP contribution in [0.2, 0.25) is 0 Å². The largest absolute Gasteiger partial charge is 0.511 e. The van der Waals surface area contributed by atoms with E-state index in [0.717, 1.165) is 13.8 Å². The molecule has 11 heteroatoms. The summed E-state index contributed by atoms with van der Waals surface area (Å²) in [5, 5.41) is 19.3. The number of nitrogens with one attached hydrogen (secondary N) is 2. The monoisotopic (exact) mass is 458 g/mol.